The number of nitrogens with one attached hydrogen (secondary N) is 1. The Labute approximate surface area is 243 Å². The summed E-state index contributed by atoms with van der Waals surface area (Å²) in [5.74, 6) is 0.552. The first-order valence-corrected chi connectivity index (χ1v) is 13.9. The summed E-state index contributed by atoms with van der Waals surface area (Å²) in [5, 5.41) is 18.8. The minimum atomic E-state index is -0.874. The molecule has 0 saturated heterocycles. The van der Waals surface area contributed by atoms with E-state index in [1.54, 1.807) is 0 Å². The Morgan fingerprint density at radius 3 is 2.67 bits per heavy atom. The van der Waals surface area contributed by atoms with Crippen LogP contribution in [0.15, 0.2) is 42.6 Å². The highest BCUT2D eigenvalue weighted by atomic mass is 19.1. The lowest BCUT2D eigenvalue weighted by Gasteiger charge is -2.23. The van der Waals surface area contributed by atoms with Crippen molar-refractivity contribution >= 4 is 23.3 Å². The minimum Gasteiger partial charge on any atom is -0.478 e. The maximum atomic E-state index is 14.8. The zero-order chi connectivity index (χ0) is 30.4. The van der Waals surface area contributed by atoms with Gasteiger partial charge in [0.1, 0.15) is 17.7 Å². The van der Waals surface area contributed by atoms with Crippen molar-refractivity contribution in [1.29, 1.82) is 0 Å². The largest absolute Gasteiger partial charge is 0.514 e. The molecule has 226 valence electrons. The van der Waals surface area contributed by atoms with Gasteiger partial charge in [0, 0.05) is 36.2 Å². The number of nitrogens with two attached hydrogens (primary N) is 1. The number of aromatic nitrogens is 3. The second kappa shape index (κ2) is 13.1. The Balaban J connectivity index is 1.40. The van der Waals surface area contributed by atoms with Gasteiger partial charge >= 0.3 is 6.16 Å². The number of carbonyl (C=O) groups is 1. The van der Waals surface area contributed by atoms with E-state index >= 15 is 0 Å². The second-order valence-electron chi connectivity index (χ2n) is 11.5. The van der Waals surface area contributed by atoms with Crippen LogP contribution in [0.5, 0.6) is 11.6 Å². The maximum absolute atomic E-state index is 14.8. The zero-order valence-electron chi connectivity index (χ0n) is 24.2. The number of nitrogens with zero attached hydrogens (tertiary/aromatic N) is 4. The van der Waals surface area contributed by atoms with Gasteiger partial charge in [-0.1, -0.05) is 0 Å². The van der Waals surface area contributed by atoms with E-state index in [1.165, 1.54) is 30.3 Å². The molecule has 2 heterocycles. The molecule has 0 unspecified atom stereocenters. The van der Waals surface area contributed by atoms with Crippen LogP contribution in [-0.2, 0) is 10.3 Å². The molecule has 0 aliphatic heterocycles. The van der Waals surface area contributed by atoms with E-state index in [-0.39, 0.29) is 35.2 Å². The summed E-state index contributed by atoms with van der Waals surface area (Å²) in [7, 11) is 0. The monoisotopic (exact) mass is 584 g/mol. The second-order valence-corrected chi connectivity index (χ2v) is 11.5. The smallest absolute Gasteiger partial charge is 0.478 e. The van der Waals surface area contributed by atoms with Crippen LogP contribution in [0, 0.1) is 15.9 Å². The number of benzene rings is 1. The third-order valence-corrected chi connectivity index (χ3v) is 6.82. The van der Waals surface area contributed by atoms with Gasteiger partial charge in [0.2, 0.25) is 5.88 Å². The molecule has 1 aliphatic carbocycles. The fraction of sp³-hybridized carbons (Fsp3) is 0.483. The lowest BCUT2D eigenvalue weighted by atomic mass is 10.0. The standard InChI is InChI=1S/C29H37FN6O6/c1-18(31)6-5-13-40-27-16-25(23(30)17-32-27)33-26-15-24(34-35(26)29(2,3)4)19-7-10-22(14-19)42-28(37)41-21-11-8-20(9-12-21)36(38)39/h8-9,11-12,15-19,22H,5-7,10,13-14,31H2,1-4H3,(H,32,33)/t18-,19-,22+/m0/s1. The normalized spacial score (nSPS) is 17.5. The van der Waals surface area contributed by atoms with Gasteiger partial charge in [-0.2, -0.15) is 5.10 Å². The molecule has 42 heavy (non-hydrogen) atoms. The minimum absolute atomic E-state index is 0.0115. The van der Waals surface area contributed by atoms with Crippen LogP contribution >= 0.6 is 0 Å². The van der Waals surface area contributed by atoms with Crippen molar-refractivity contribution in [2.24, 2.45) is 5.73 Å². The van der Waals surface area contributed by atoms with Crippen molar-refractivity contribution < 1.29 is 28.3 Å². The molecule has 2 aromatic heterocycles. The number of pyridine rings is 1. The number of rotatable bonds is 11. The fourth-order valence-electron chi connectivity index (χ4n) is 4.72. The first-order valence-electron chi connectivity index (χ1n) is 13.9. The summed E-state index contributed by atoms with van der Waals surface area (Å²) < 4.78 is 32.9. The number of hydrogen-bond acceptors (Lipinski definition) is 10. The zero-order valence-corrected chi connectivity index (χ0v) is 24.2. The summed E-state index contributed by atoms with van der Waals surface area (Å²) >= 11 is 0. The number of ether oxygens (including phenoxy) is 3. The van der Waals surface area contributed by atoms with Gasteiger partial charge in [-0.25, -0.2) is 18.9 Å². The number of hydrogen-bond donors (Lipinski definition) is 2. The van der Waals surface area contributed by atoms with Crippen molar-refractivity contribution in [3.63, 3.8) is 0 Å². The molecule has 4 rings (SSSR count). The Morgan fingerprint density at radius 2 is 2.00 bits per heavy atom. The van der Waals surface area contributed by atoms with Gasteiger partial charge in [-0.3, -0.25) is 10.1 Å². The Morgan fingerprint density at radius 1 is 1.26 bits per heavy atom. The molecule has 0 bridgehead atoms. The molecule has 0 spiro atoms. The third kappa shape index (κ3) is 8.15. The molecular formula is C29H37FN6O6. The molecule has 3 atom stereocenters. The van der Waals surface area contributed by atoms with E-state index in [0.717, 1.165) is 31.2 Å². The predicted molar refractivity (Wildman–Crippen MR) is 154 cm³/mol. The molecule has 1 fully saturated rings. The quantitative estimate of drug-likeness (QED) is 0.0876. The van der Waals surface area contributed by atoms with Crippen LogP contribution in [0.1, 0.15) is 71.4 Å². The van der Waals surface area contributed by atoms with Crippen LogP contribution in [0.2, 0.25) is 0 Å². The van der Waals surface area contributed by atoms with Crippen molar-refractivity contribution in [1.82, 2.24) is 14.8 Å². The highest BCUT2D eigenvalue weighted by Gasteiger charge is 2.32. The van der Waals surface area contributed by atoms with Crippen LogP contribution in [0.4, 0.5) is 26.4 Å². The fourth-order valence-corrected chi connectivity index (χ4v) is 4.72. The molecule has 3 N–H and O–H groups in total. The number of carbonyl (C=O) groups excluding carboxylic acids is 1. The van der Waals surface area contributed by atoms with Gasteiger partial charge < -0.3 is 25.3 Å². The SMILES string of the molecule is C[C@H](N)CCCOc1cc(Nc2cc([C@H]3CC[C@@H](OC(=O)Oc4ccc([N+](=O)[O-])cc4)C3)nn2C(C)(C)C)c(F)cn1. The molecular weight excluding hydrogens is 547 g/mol. The van der Waals surface area contributed by atoms with Crippen LogP contribution < -0.4 is 20.5 Å². The number of non-ortho nitro benzene ring substituents is 1. The third-order valence-electron chi connectivity index (χ3n) is 6.82. The van der Waals surface area contributed by atoms with Gasteiger partial charge in [-0.05, 0) is 71.9 Å². The lowest BCUT2D eigenvalue weighted by Crippen LogP contribution is -2.25. The number of halogens is 1. The van der Waals surface area contributed by atoms with Gasteiger partial charge in [-0.15, -0.1) is 0 Å². The molecule has 1 saturated carbocycles. The molecule has 12 nitrogen and oxygen atoms in total. The van der Waals surface area contributed by atoms with Crippen molar-refractivity contribution in [3.8, 4) is 11.6 Å². The summed E-state index contributed by atoms with van der Waals surface area (Å²) in [4.78, 5) is 26.6. The van der Waals surface area contributed by atoms with Gasteiger partial charge in [0.25, 0.3) is 5.69 Å². The van der Waals surface area contributed by atoms with E-state index in [9.17, 15) is 19.3 Å². The average molecular weight is 585 g/mol. The Kier molecular flexibility index (Phi) is 9.61. The first kappa shape index (κ1) is 30.7. The highest BCUT2D eigenvalue weighted by molar-refractivity contribution is 5.64. The van der Waals surface area contributed by atoms with Crippen molar-refractivity contribution in [2.45, 2.75) is 83.4 Å². The summed E-state index contributed by atoms with van der Waals surface area (Å²) in [5.41, 5.74) is 6.28. The summed E-state index contributed by atoms with van der Waals surface area (Å²) in [6.07, 6.45) is 3.34. The first-order chi connectivity index (χ1) is 19.9. The van der Waals surface area contributed by atoms with Crippen molar-refractivity contribution in [2.75, 3.05) is 11.9 Å². The molecule has 0 radical (unpaired) electrons. The molecule has 3 aromatic rings. The highest BCUT2D eigenvalue weighted by Crippen LogP contribution is 2.38. The number of nitro benzene ring substituents is 1. The van der Waals surface area contributed by atoms with Crippen LogP contribution in [0.25, 0.3) is 0 Å². The average Bonchev–Trinajstić information content (AvgIpc) is 3.55. The van der Waals surface area contributed by atoms with E-state index in [4.69, 9.17) is 25.0 Å². The summed E-state index contributed by atoms with van der Waals surface area (Å²) in [6, 6.07) is 8.67. The van der Waals surface area contributed by atoms with Gasteiger partial charge in [0.15, 0.2) is 5.82 Å². The van der Waals surface area contributed by atoms with E-state index < -0.39 is 22.4 Å². The van der Waals surface area contributed by atoms with Crippen molar-refractivity contribution in [3.05, 3.63) is 64.2 Å². The maximum Gasteiger partial charge on any atom is 0.514 e. The lowest BCUT2D eigenvalue weighted by molar-refractivity contribution is -0.384. The molecule has 1 aliphatic rings. The number of nitro groups is 1. The topological polar surface area (TPSA) is 157 Å². The van der Waals surface area contributed by atoms with E-state index in [0.29, 0.717) is 31.1 Å². The van der Waals surface area contributed by atoms with Gasteiger partial charge in [0.05, 0.1) is 34.6 Å². The predicted octanol–water partition coefficient (Wildman–Crippen LogP) is 6.18. The van der Waals surface area contributed by atoms with Crippen LogP contribution in [-0.4, -0.2) is 44.6 Å². The Hall–Kier alpha value is -4.26. The van der Waals surface area contributed by atoms with E-state index in [1.807, 2.05) is 38.4 Å². The summed E-state index contributed by atoms with van der Waals surface area (Å²) in [6.45, 7) is 8.36. The molecule has 1 aromatic carbocycles. The number of anilines is 2. The van der Waals surface area contributed by atoms with E-state index in [2.05, 4.69) is 10.3 Å². The molecule has 0 amide bonds. The van der Waals surface area contributed by atoms with Crippen LogP contribution in [0.3, 0.4) is 0 Å². The molecule has 13 heteroatoms. The Bertz CT molecular complexity index is 1390.